The molecule has 2 aliphatic heterocycles. The van der Waals surface area contributed by atoms with Crippen molar-refractivity contribution in [2.75, 3.05) is 14.2 Å². The van der Waals surface area contributed by atoms with E-state index in [1.165, 1.54) is 12.8 Å². The molecular weight excluding hydrogens is 280 g/mol. The van der Waals surface area contributed by atoms with Gasteiger partial charge in [0.1, 0.15) is 0 Å². The lowest BCUT2D eigenvalue weighted by molar-refractivity contribution is -0.393. The lowest BCUT2D eigenvalue weighted by Gasteiger charge is -2.58. The highest BCUT2D eigenvalue weighted by Crippen LogP contribution is 2.60. The van der Waals surface area contributed by atoms with Crippen LogP contribution in [-0.2, 0) is 18.9 Å². The van der Waals surface area contributed by atoms with Crippen molar-refractivity contribution in [3.05, 3.63) is 0 Å². The predicted octanol–water partition coefficient (Wildman–Crippen LogP) is 3.79. The molecule has 3 fully saturated rings. The Morgan fingerprint density at radius 2 is 1.73 bits per heavy atom. The van der Waals surface area contributed by atoms with Crippen LogP contribution >= 0.6 is 0 Å². The summed E-state index contributed by atoms with van der Waals surface area (Å²) in [5, 5.41) is 0. The maximum atomic E-state index is 6.40. The summed E-state index contributed by atoms with van der Waals surface area (Å²) in [5.74, 6) is 1.75. The van der Waals surface area contributed by atoms with Crippen molar-refractivity contribution in [2.24, 2.45) is 29.1 Å². The summed E-state index contributed by atoms with van der Waals surface area (Å²) < 4.78 is 24.0. The van der Waals surface area contributed by atoms with Gasteiger partial charge in [0.2, 0.25) is 0 Å². The van der Waals surface area contributed by atoms with Crippen LogP contribution < -0.4 is 0 Å². The summed E-state index contributed by atoms with van der Waals surface area (Å²) in [6.07, 6.45) is 4.16. The molecule has 3 unspecified atom stereocenters. The molecule has 0 radical (unpaired) electrons. The number of ether oxygens (including phenoxy) is 4. The SMILES string of the molecule is COC1O[C@@H]2OC(C)(OC)CCC3[C@H](C)CC[C@@H]([C@H]1C)[C@]32C. The number of hydrogen-bond donors (Lipinski definition) is 0. The molecule has 0 aromatic carbocycles. The summed E-state index contributed by atoms with van der Waals surface area (Å²) in [6, 6.07) is 0. The fraction of sp³-hybridized carbons (Fsp3) is 1.00. The van der Waals surface area contributed by atoms with Crippen LogP contribution in [0.1, 0.15) is 53.4 Å². The molecular formula is C18H32O4. The summed E-state index contributed by atoms with van der Waals surface area (Å²) in [6.45, 7) is 9.09. The molecule has 1 saturated carbocycles. The van der Waals surface area contributed by atoms with E-state index in [0.29, 0.717) is 23.7 Å². The first-order valence-electron chi connectivity index (χ1n) is 8.77. The Bertz CT molecular complexity index is 410. The second-order valence-corrected chi connectivity index (χ2v) is 8.06. The molecule has 0 aromatic rings. The molecule has 0 N–H and O–H groups in total. The van der Waals surface area contributed by atoms with E-state index in [-0.39, 0.29) is 18.0 Å². The van der Waals surface area contributed by atoms with Gasteiger partial charge in [-0.05, 0) is 37.5 Å². The predicted molar refractivity (Wildman–Crippen MR) is 84.1 cm³/mol. The maximum absolute atomic E-state index is 6.40. The van der Waals surface area contributed by atoms with Crippen LogP contribution in [0.25, 0.3) is 0 Å². The molecule has 1 aliphatic carbocycles. The third kappa shape index (κ3) is 2.34. The van der Waals surface area contributed by atoms with Gasteiger partial charge in [0.05, 0.1) is 0 Å². The second-order valence-electron chi connectivity index (χ2n) is 8.06. The van der Waals surface area contributed by atoms with Gasteiger partial charge >= 0.3 is 0 Å². The highest BCUT2D eigenvalue weighted by molar-refractivity contribution is 5.03. The van der Waals surface area contributed by atoms with E-state index >= 15 is 0 Å². The molecule has 2 saturated heterocycles. The minimum absolute atomic E-state index is 0.0441. The van der Waals surface area contributed by atoms with E-state index in [4.69, 9.17) is 18.9 Å². The van der Waals surface area contributed by atoms with E-state index in [2.05, 4.69) is 20.8 Å². The van der Waals surface area contributed by atoms with Crippen LogP contribution in [0.2, 0.25) is 0 Å². The number of methoxy groups -OCH3 is 2. The van der Waals surface area contributed by atoms with E-state index in [1.54, 1.807) is 14.2 Å². The molecule has 0 amide bonds. The van der Waals surface area contributed by atoms with E-state index in [9.17, 15) is 0 Å². The Labute approximate surface area is 134 Å². The molecule has 3 rings (SSSR count). The van der Waals surface area contributed by atoms with Crippen molar-refractivity contribution < 1.29 is 18.9 Å². The maximum Gasteiger partial charge on any atom is 0.170 e. The van der Waals surface area contributed by atoms with Crippen LogP contribution in [0.15, 0.2) is 0 Å². The highest BCUT2D eigenvalue weighted by Gasteiger charge is 2.61. The van der Waals surface area contributed by atoms with Gasteiger partial charge in [-0.3, -0.25) is 0 Å². The summed E-state index contributed by atoms with van der Waals surface area (Å²) in [5.41, 5.74) is 0.0441. The van der Waals surface area contributed by atoms with Crippen molar-refractivity contribution in [2.45, 2.75) is 71.7 Å². The van der Waals surface area contributed by atoms with Gasteiger partial charge in [-0.1, -0.05) is 27.2 Å². The first-order chi connectivity index (χ1) is 10.4. The first-order valence-corrected chi connectivity index (χ1v) is 8.77. The first kappa shape index (κ1) is 16.7. The van der Waals surface area contributed by atoms with Gasteiger partial charge in [0, 0.05) is 32.0 Å². The Hall–Kier alpha value is -0.160. The molecule has 0 spiro atoms. The van der Waals surface area contributed by atoms with Gasteiger partial charge in [0.25, 0.3) is 0 Å². The van der Waals surface area contributed by atoms with Crippen LogP contribution in [0.4, 0.5) is 0 Å². The van der Waals surface area contributed by atoms with Crippen molar-refractivity contribution >= 4 is 0 Å². The van der Waals surface area contributed by atoms with E-state index < -0.39 is 5.79 Å². The van der Waals surface area contributed by atoms with Crippen LogP contribution in [0.3, 0.4) is 0 Å². The molecule has 8 atom stereocenters. The minimum atomic E-state index is -0.561. The zero-order valence-electron chi connectivity index (χ0n) is 14.9. The van der Waals surface area contributed by atoms with Gasteiger partial charge in [-0.2, -0.15) is 0 Å². The molecule has 22 heavy (non-hydrogen) atoms. The van der Waals surface area contributed by atoms with Crippen LogP contribution in [0, 0.1) is 29.1 Å². The van der Waals surface area contributed by atoms with Crippen molar-refractivity contribution in [3.63, 3.8) is 0 Å². The lowest BCUT2D eigenvalue weighted by Crippen LogP contribution is -2.60. The molecule has 0 aromatic heterocycles. The average molecular weight is 312 g/mol. The molecule has 2 heterocycles. The minimum Gasteiger partial charge on any atom is -0.355 e. The van der Waals surface area contributed by atoms with Crippen LogP contribution in [0.5, 0.6) is 0 Å². The Morgan fingerprint density at radius 3 is 2.36 bits per heavy atom. The third-order valence-electron chi connectivity index (χ3n) is 6.98. The van der Waals surface area contributed by atoms with Crippen molar-refractivity contribution in [1.29, 1.82) is 0 Å². The number of hydrogen-bond acceptors (Lipinski definition) is 4. The van der Waals surface area contributed by atoms with Gasteiger partial charge in [-0.25, -0.2) is 0 Å². The Balaban J connectivity index is 2.01. The summed E-state index contributed by atoms with van der Waals surface area (Å²) in [7, 11) is 3.47. The topological polar surface area (TPSA) is 36.9 Å². The van der Waals surface area contributed by atoms with Crippen molar-refractivity contribution in [1.82, 2.24) is 0 Å². The monoisotopic (exact) mass is 312 g/mol. The molecule has 0 bridgehead atoms. The smallest absolute Gasteiger partial charge is 0.170 e. The molecule has 128 valence electrons. The largest absolute Gasteiger partial charge is 0.355 e. The molecule has 3 aliphatic rings. The zero-order valence-corrected chi connectivity index (χ0v) is 14.9. The van der Waals surface area contributed by atoms with Crippen molar-refractivity contribution in [3.8, 4) is 0 Å². The standard InChI is InChI=1S/C18H32O4/c1-11-7-8-14-12(2)15(19-5)21-16-18(14,4)13(11)9-10-17(3,20-6)22-16/h11-16H,7-10H2,1-6H3/t11-,12-,13?,14+,15?,16-,17?,18+/m1/s1. The third-order valence-corrected chi connectivity index (χ3v) is 6.98. The Morgan fingerprint density at radius 1 is 1.00 bits per heavy atom. The van der Waals surface area contributed by atoms with Gasteiger partial charge in [0.15, 0.2) is 18.4 Å². The molecule has 4 nitrogen and oxygen atoms in total. The fourth-order valence-electron chi connectivity index (χ4n) is 5.48. The average Bonchev–Trinajstić information content (AvgIpc) is 2.60. The lowest BCUT2D eigenvalue weighted by atomic mass is 9.52. The normalized spacial score (nSPS) is 55.4. The summed E-state index contributed by atoms with van der Waals surface area (Å²) in [4.78, 5) is 0. The van der Waals surface area contributed by atoms with E-state index in [1.807, 2.05) is 6.92 Å². The Kier molecular flexibility index (Phi) is 4.35. The van der Waals surface area contributed by atoms with Gasteiger partial charge < -0.3 is 18.9 Å². The molecule has 4 heteroatoms. The van der Waals surface area contributed by atoms with Gasteiger partial charge in [-0.15, -0.1) is 0 Å². The zero-order chi connectivity index (χ0) is 16.1. The number of rotatable bonds is 2. The van der Waals surface area contributed by atoms with E-state index in [0.717, 1.165) is 12.8 Å². The quantitative estimate of drug-likeness (QED) is 0.777. The highest BCUT2D eigenvalue weighted by atomic mass is 16.8. The second kappa shape index (κ2) is 5.73. The summed E-state index contributed by atoms with van der Waals surface area (Å²) >= 11 is 0. The fourth-order valence-corrected chi connectivity index (χ4v) is 5.48. The van der Waals surface area contributed by atoms with Crippen LogP contribution in [-0.4, -0.2) is 32.6 Å².